The van der Waals surface area contributed by atoms with Crippen LogP contribution in [0.2, 0.25) is 5.02 Å². The molecule has 1 heterocycles. The zero-order valence-corrected chi connectivity index (χ0v) is 13.7. The van der Waals surface area contributed by atoms with Crippen LogP contribution in [0.15, 0.2) is 41.2 Å². The van der Waals surface area contributed by atoms with Crippen molar-refractivity contribution in [2.75, 3.05) is 0 Å². The van der Waals surface area contributed by atoms with E-state index in [-0.39, 0.29) is 10.9 Å². The highest BCUT2D eigenvalue weighted by molar-refractivity contribution is 6.31. The second-order valence-electron chi connectivity index (χ2n) is 5.51. The van der Waals surface area contributed by atoms with Crippen LogP contribution < -0.4 is 5.56 Å². The van der Waals surface area contributed by atoms with Gasteiger partial charge in [-0.3, -0.25) is 9.36 Å². The number of aryl methyl sites for hydroxylation is 2. The topological polar surface area (TPSA) is 34.9 Å². The Balaban J connectivity index is 2.36. The molecule has 0 amide bonds. The van der Waals surface area contributed by atoms with Crippen LogP contribution in [0.3, 0.4) is 0 Å². The fraction of sp³-hybridized carbons (Fsp3) is 0.222. The minimum atomic E-state index is -0.451. The highest BCUT2D eigenvalue weighted by atomic mass is 35.5. The lowest BCUT2D eigenvalue weighted by atomic mass is 10.2. The maximum Gasteiger partial charge on any atom is 0.266 e. The van der Waals surface area contributed by atoms with Crippen molar-refractivity contribution in [1.82, 2.24) is 9.55 Å². The molecule has 2 aromatic carbocycles. The van der Waals surface area contributed by atoms with Gasteiger partial charge in [-0.05, 0) is 49.2 Å². The molecule has 0 atom stereocenters. The molecule has 0 unspecified atom stereocenters. The van der Waals surface area contributed by atoms with Crippen LogP contribution >= 0.6 is 11.6 Å². The average Bonchev–Trinajstić information content (AvgIpc) is 2.52. The van der Waals surface area contributed by atoms with Gasteiger partial charge in [-0.2, -0.15) is 0 Å². The summed E-state index contributed by atoms with van der Waals surface area (Å²) >= 11 is 6.19. The molecule has 0 aliphatic carbocycles. The Morgan fingerprint density at radius 2 is 2.00 bits per heavy atom. The van der Waals surface area contributed by atoms with Crippen molar-refractivity contribution in [3.63, 3.8) is 0 Å². The van der Waals surface area contributed by atoms with Crippen LogP contribution in [0.1, 0.15) is 24.7 Å². The molecule has 0 spiro atoms. The fourth-order valence-electron chi connectivity index (χ4n) is 2.58. The largest absolute Gasteiger partial charge is 0.268 e. The van der Waals surface area contributed by atoms with E-state index in [1.54, 1.807) is 6.07 Å². The van der Waals surface area contributed by atoms with Gasteiger partial charge in [-0.15, -0.1) is 0 Å². The molecule has 0 radical (unpaired) electrons. The number of benzene rings is 2. The normalized spacial score (nSPS) is 11.1. The van der Waals surface area contributed by atoms with Gasteiger partial charge < -0.3 is 0 Å². The Labute approximate surface area is 138 Å². The van der Waals surface area contributed by atoms with Crippen molar-refractivity contribution in [3.8, 4) is 5.69 Å². The molecule has 3 aromatic rings. The third-order valence-electron chi connectivity index (χ3n) is 3.79. The first-order valence-corrected chi connectivity index (χ1v) is 7.86. The van der Waals surface area contributed by atoms with E-state index in [4.69, 9.17) is 11.6 Å². The van der Waals surface area contributed by atoms with Gasteiger partial charge in [-0.1, -0.05) is 24.6 Å². The maximum absolute atomic E-state index is 13.5. The predicted octanol–water partition coefficient (Wildman–Crippen LogP) is 4.44. The van der Waals surface area contributed by atoms with E-state index in [0.717, 1.165) is 12.0 Å². The van der Waals surface area contributed by atoms with E-state index >= 15 is 0 Å². The molecule has 5 heteroatoms. The van der Waals surface area contributed by atoms with Gasteiger partial charge in [0.05, 0.1) is 16.6 Å². The Kier molecular flexibility index (Phi) is 4.18. The van der Waals surface area contributed by atoms with E-state index < -0.39 is 5.82 Å². The molecule has 0 saturated heterocycles. The summed E-state index contributed by atoms with van der Waals surface area (Å²) in [5.41, 5.74) is 1.81. The highest BCUT2D eigenvalue weighted by Crippen LogP contribution is 2.21. The van der Waals surface area contributed by atoms with Gasteiger partial charge in [-0.25, -0.2) is 9.37 Å². The number of aromatic nitrogens is 2. The van der Waals surface area contributed by atoms with Crippen molar-refractivity contribution in [2.24, 2.45) is 0 Å². The van der Waals surface area contributed by atoms with Crippen LogP contribution in [0.5, 0.6) is 0 Å². The number of halogens is 2. The molecule has 3 nitrogen and oxygen atoms in total. The smallest absolute Gasteiger partial charge is 0.266 e. The molecule has 23 heavy (non-hydrogen) atoms. The molecule has 0 aliphatic rings. The average molecular weight is 331 g/mol. The lowest BCUT2D eigenvalue weighted by Gasteiger charge is -2.14. The van der Waals surface area contributed by atoms with Gasteiger partial charge in [0.15, 0.2) is 0 Å². The van der Waals surface area contributed by atoms with Gasteiger partial charge in [0, 0.05) is 11.4 Å². The van der Waals surface area contributed by atoms with Crippen molar-refractivity contribution >= 4 is 22.5 Å². The van der Waals surface area contributed by atoms with Crippen LogP contribution in [0, 0.1) is 12.7 Å². The third-order valence-corrected chi connectivity index (χ3v) is 4.19. The van der Waals surface area contributed by atoms with Crippen LogP contribution in [-0.4, -0.2) is 9.55 Å². The van der Waals surface area contributed by atoms with E-state index in [0.29, 0.717) is 28.5 Å². The summed E-state index contributed by atoms with van der Waals surface area (Å²) in [6, 6.07) is 9.51. The van der Waals surface area contributed by atoms with Crippen molar-refractivity contribution in [2.45, 2.75) is 26.7 Å². The standard InChI is InChI=1S/C18H16ClFN2O/c1-3-4-17-21-16-8-6-12(20)9-14(16)18(23)22(17)13-7-5-11(2)15(19)10-13/h5-10H,3-4H2,1-2H3. The Morgan fingerprint density at radius 1 is 1.22 bits per heavy atom. The quantitative estimate of drug-likeness (QED) is 0.711. The molecule has 0 fully saturated rings. The zero-order valence-electron chi connectivity index (χ0n) is 12.9. The molecule has 0 N–H and O–H groups in total. The second-order valence-corrected chi connectivity index (χ2v) is 5.92. The number of fused-ring (bicyclic) bond motifs is 1. The lowest BCUT2D eigenvalue weighted by molar-refractivity contribution is 0.629. The second kappa shape index (κ2) is 6.13. The molecule has 0 saturated carbocycles. The summed E-state index contributed by atoms with van der Waals surface area (Å²) in [5, 5.41) is 0.845. The predicted molar refractivity (Wildman–Crippen MR) is 91.0 cm³/mol. The molecule has 0 aliphatic heterocycles. The molecule has 0 bridgehead atoms. The van der Waals surface area contributed by atoms with E-state index in [2.05, 4.69) is 4.98 Å². The first-order chi connectivity index (χ1) is 11.0. The molecular formula is C18H16ClFN2O. The number of rotatable bonds is 3. The van der Waals surface area contributed by atoms with Crippen molar-refractivity contribution in [1.29, 1.82) is 0 Å². The molecular weight excluding hydrogens is 315 g/mol. The minimum Gasteiger partial charge on any atom is -0.268 e. The Morgan fingerprint density at radius 3 is 2.70 bits per heavy atom. The number of hydrogen-bond acceptors (Lipinski definition) is 2. The Hall–Kier alpha value is -2.20. The first-order valence-electron chi connectivity index (χ1n) is 7.49. The summed E-state index contributed by atoms with van der Waals surface area (Å²) in [5.74, 6) is 0.199. The third kappa shape index (κ3) is 2.86. The fourth-order valence-corrected chi connectivity index (χ4v) is 2.76. The van der Waals surface area contributed by atoms with Crippen molar-refractivity contribution < 1.29 is 4.39 Å². The summed E-state index contributed by atoms with van der Waals surface area (Å²) < 4.78 is 15.0. The van der Waals surface area contributed by atoms with E-state index in [1.807, 2.05) is 26.0 Å². The summed E-state index contributed by atoms with van der Waals surface area (Å²) in [4.78, 5) is 17.4. The monoisotopic (exact) mass is 330 g/mol. The summed E-state index contributed by atoms with van der Waals surface area (Å²) in [7, 11) is 0. The summed E-state index contributed by atoms with van der Waals surface area (Å²) in [6.07, 6.45) is 1.49. The van der Waals surface area contributed by atoms with E-state index in [1.165, 1.54) is 22.8 Å². The maximum atomic E-state index is 13.5. The van der Waals surface area contributed by atoms with Gasteiger partial charge in [0.25, 0.3) is 5.56 Å². The first kappa shape index (κ1) is 15.7. The molecule has 3 rings (SSSR count). The lowest BCUT2D eigenvalue weighted by Crippen LogP contribution is -2.24. The van der Waals surface area contributed by atoms with Crippen LogP contribution in [0.25, 0.3) is 16.6 Å². The zero-order chi connectivity index (χ0) is 16.6. The number of nitrogens with zero attached hydrogens (tertiary/aromatic N) is 2. The van der Waals surface area contributed by atoms with Crippen LogP contribution in [-0.2, 0) is 6.42 Å². The molecule has 1 aromatic heterocycles. The van der Waals surface area contributed by atoms with Gasteiger partial charge in [0.2, 0.25) is 0 Å². The number of hydrogen-bond donors (Lipinski definition) is 0. The Bertz CT molecular complexity index is 950. The SMILES string of the molecule is CCCc1nc2ccc(F)cc2c(=O)n1-c1ccc(C)c(Cl)c1. The summed E-state index contributed by atoms with van der Waals surface area (Å²) in [6.45, 7) is 3.92. The van der Waals surface area contributed by atoms with Gasteiger partial charge >= 0.3 is 0 Å². The van der Waals surface area contributed by atoms with Gasteiger partial charge in [0.1, 0.15) is 11.6 Å². The van der Waals surface area contributed by atoms with Crippen LogP contribution in [0.4, 0.5) is 4.39 Å². The highest BCUT2D eigenvalue weighted by Gasteiger charge is 2.13. The van der Waals surface area contributed by atoms with Crippen molar-refractivity contribution in [3.05, 3.63) is 69.0 Å². The van der Waals surface area contributed by atoms with E-state index in [9.17, 15) is 9.18 Å². The minimum absolute atomic E-state index is 0.265. The molecule has 118 valence electrons.